The van der Waals surface area contributed by atoms with Crippen LogP contribution in [0, 0.1) is 0 Å². The van der Waals surface area contributed by atoms with Crippen LogP contribution in [0.1, 0.15) is 55.8 Å². The molecule has 0 aromatic heterocycles. The van der Waals surface area contributed by atoms with Gasteiger partial charge in [0.2, 0.25) is 10.0 Å². The summed E-state index contributed by atoms with van der Waals surface area (Å²) in [6.07, 6.45) is 6.07. The van der Waals surface area contributed by atoms with E-state index in [0.717, 1.165) is 19.3 Å². The van der Waals surface area contributed by atoms with E-state index in [9.17, 15) is 13.2 Å². The Morgan fingerprint density at radius 1 is 1.14 bits per heavy atom. The number of carbonyl (C=O) groups is 1. The highest BCUT2D eigenvalue weighted by molar-refractivity contribution is 7.92. The van der Waals surface area contributed by atoms with Crippen molar-refractivity contribution in [2.45, 2.75) is 45.4 Å². The van der Waals surface area contributed by atoms with Gasteiger partial charge >= 0.3 is 5.97 Å². The molecule has 21 heavy (non-hydrogen) atoms. The van der Waals surface area contributed by atoms with E-state index in [0.29, 0.717) is 12.1 Å². The Morgan fingerprint density at radius 3 is 2.48 bits per heavy atom. The Labute approximate surface area is 126 Å². The lowest BCUT2D eigenvalue weighted by Crippen LogP contribution is -2.17. The molecule has 0 fully saturated rings. The van der Waals surface area contributed by atoms with Crippen LogP contribution in [0.3, 0.4) is 0 Å². The van der Waals surface area contributed by atoms with E-state index in [2.05, 4.69) is 11.6 Å². The van der Waals surface area contributed by atoms with Gasteiger partial charge in [0.1, 0.15) is 0 Å². The Kier molecular flexibility index (Phi) is 7.22. The van der Waals surface area contributed by atoms with E-state index >= 15 is 0 Å². The van der Waals surface area contributed by atoms with Gasteiger partial charge in [-0.1, -0.05) is 45.1 Å². The maximum atomic E-state index is 11.9. The second-order valence-corrected chi connectivity index (χ2v) is 6.92. The smallest absolute Gasteiger partial charge is 0.335 e. The van der Waals surface area contributed by atoms with Gasteiger partial charge in [0.15, 0.2) is 0 Å². The van der Waals surface area contributed by atoms with Crippen LogP contribution in [0.2, 0.25) is 0 Å². The summed E-state index contributed by atoms with van der Waals surface area (Å²) in [7, 11) is -3.41. The minimum atomic E-state index is -3.41. The summed E-state index contributed by atoms with van der Waals surface area (Å²) in [5, 5.41) is 8.87. The predicted molar refractivity (Wildman–Crippen MR) is 84.2 cm³/mol. The van der Waals surface area contributed by atoms with Crippen LogP contribution in [-0.4, -0.2) is 25.2 Å². The largest absolute Gasteiger partial charge is 0.478 e. The first-order valence-corrected chi connectivity index (χ1v) is 8.93. The average molecular weight is 313 g/mol. The first-order valence-electron chi connectivity index (χ1n) is 7.28. The zero-order valence-electron chi connectivity index (χ0n) is 12.3. The number of rotatable bonds is 10. The molecular weight excluding hydrogens is 290 g/mol. The van der Waals surface area contributed by atoms with Crippen molar-refractivity contribution in [3.63, 3.8) is 0 Å². The number of benzene rings is 1. The summed E-state index contributed by atoms with van der Waals surface area (Å²) in [5.74, 6) is -1.01. The molecule has 0 amide bonds. The van der Waals surface area contributed by atoms with Crippen molar-refractivity contribution in [2.75, 3.05) is 10.5 Å². The zero-order valence-corrected chi connectivity index (χ0v) is 13.2. The van der Waals surface area contributed by atoms with Gasteiger partial charge in [-0.15, -0.1) is 0 Å². The molecule has 0 saturated heterocycles. The van der Waals surface area contributed by atoms with Gasteiger partial charge in [-0.05, 0) is 24.6 Å². The van der Waals surface area contributed by atoms with Crippen LogP contribution in [-0.2, 0) is 10.0 Å². The van der Waals surface area contributed by atoms with Gasteiger partial charge in [0.05, 0.1) is 11.3 Å². The van der Waals surface area contributed by atoms with Crippen molar-refractivity contribution in [1.82, 2.24) is 0 Å². The fraction of sp³-hybridized carbons (Fsp3) is 0.533. The molecule has 6 heteroatoms. The normalized spacial score (nSPS) is 11.3. The van der Waals surface area contributed by atoms with E-state index < -0.39 is 16.0 Å². The Balaban J connectivity index is 2.45. The maximum absolute atomic E-state index is 11.9. The standard InChI is InChI=1S/C15H23NO4S/c1-2-3-4-5-6-7-11-21(19,20)16-14-10-8-9-13(12-14)15(17)18/h8-10,12,16H,2-7,11H2,1H3,(H,17,18). The summed E-state index contributed by atoms with van der Waals surface area (Å²) < 4.78 is 26.2. The number of carboxylic acid groups (broad SMARTS) is 1. The SMILES string of the molecule is CCCCCCCCS(=O)(=O)Nc1cccc(C(=O)O)c1. The highest BCUT2D eigenvalue weighted by Gasteiger charge is 2.11. The second kappa shape index (κ2) is 8.67. The van der Waals surface area contributed by atoms with Crippen LogP contribution in [0.5, 0.6) is 0 Å². The molecule has 0 atom stereocenters. The molecule has 1 aromatic rings. The fourth-order valence-electron chi connectivity index (χ4n) is 2.02. The van der Waals surface area contributed by atoms with Crippen molar-refractivity contribution >= 4 is 21.7 Å². The minimum absolute atomic E-state index is 0.0646. The summed E-state index contributed by atoms with van der Waals surface area (Å²) >= 11 is 0. The molecule has 0 bridgehead atoms. The molecule has 0 radical (unpaired) electrons. The molecule has 0 unspecified atom stereocenters. The van der Waals surface area contributed by atoms with E-state index in [1.54, 1.807) is 6.07 Å². The number of hydrogen-bond donors (Lipinski definition) is 2. The Bertz CT molecular complexity index is 555. The number of unbranched alkanes of at least 4 members (excludes halogenated alkanes) is 5. The van der Waals surface area contributed by atoms with Crippen LogP contribution in [0.25, 0.3) is 0 Å². The van der Waals surface area contributed by atoms with Crippen molar-refractivity contribution in [1.29, 1.82) is 0 Å². The lowest BCUT2D eigenvalue weighted by atomic mass is 10.1. The lowest BCUT2D eigenvalue weighted by molar-refractivity contribution is 0.0697. The molecule has 0 saturated carbocycles. The van der Waals surface area contributed by atoms with E-state index in [1.807, 2.05) is 0 Å². The van der Waals surface area contributed by atoms with Crippen molar-refractivity contribution in [2.24, 2.45) is 0 Å². The molecule has 118 valence electrons. The maximum Gasteiger partial charge on any atom is 0.335 e. The first-order chi connectivity index (χ1) is 9.94. The number of sulfonamides is 1. The Morgan fingerprint density at radius 2 is 1.81 bits per heavy atom. The molecule has 0 aliphatic rings. The monoisotopic (exact) mass is 313 g/mol. The van der Waals surface area contributed by atoms with Crippen molar-refractivity contribution < 1.29 is 18.3 Å². The molecule has 0 heterocycles. The molecule has 0 aliphatic heterocycles. The lowest BCUT2D eigenvalue weighted by Gasteiger charge is -2.08. The quantitative estimate of drug-likeness (QED) is 0.648. The highest BCUT2D eigenvalue weighted by atomic mass is 32.2. The van der Waals surface area contributed by atoms with Crippen molar-refractivity contribution in [3.8, 4) is 0 Å². The Hall–Kier alpha value is -1.56. The number of nitrogens with one attached hydrogen (secondary N) is 1. The highest BCUT2D eigenvalue weighted by Crippen LogP contribution is 2.14. The molecule has 2 N–H and O–H groups in total. The minimum Gasteiger partial charge on any atom is -0.478 e. The van der Waals surface area contributed by atoms with E-state index in [-0.39, 0.29) is 11.3 Å². The molecule has 1 aromatic carbocycles. The number of anilines is 1. The third-order valence-electron chi connectivity index (χ3n) is 3.15. The van der Waals surface area contributed by atoms with Crippen molar-refractivity contribution in [3.05, 3.63) is 29.8 Å². The topological polar surface area (TPSA) is 83.5 Å². The summed E-state index contributed by atoms with van der Waals surface area (Å²) in [4.78, 5) is 10.8. The average Bonchev–Trinajstić information content (AvgIpc) is 2.42. The second-order valence-electron chi connectivity index (χ2n) is 5.07. The van der Waals surface area contributed by atoms with E-state index in [1.165, 1.54) is 31.0 Å². The zero-order chi connectivity index (χ0) is 15.7. The van der Waals surface area contributed by atoms with Gasteiger partial charge in [0.25, 0.3) is 0 Å². The molecule has 1 rings (SSSR count). The summed E-state index contributed by atoms with van der Waals surface area (Å²) in [5.41, 5.74) is 0.357. The molecular formula is C15H23NO4S. The molecule has 0 aliphatic carbocycles. The number of aromatic carboxylic acids is 1. The molecule has 5 nitrogen and oxygen atoms in total. The van der Waals surface area contributed by atoms with Crippen LogP contribution in [0.15, 0.2) is 24.3 Å². The van der Waals surface area contributed by atoms with Crippen LogP contribution in [0.4, 0.5) is 5.69 Å². The van der Waals surface area contributed by atoms with Crippen LogP contribution >= 0.6 is 0 Å². The summed E-state index contributed by atoms with van der Waals surface area (Å²) in [6.45, 7) is 2.14. The third kappa shape index (κ3) is 7.13. The first kappa shape index (κ1) is 17.5. The third-order valence-corrected chi connectivity index (χ3v) is 4.52. The van der Waals surface area contributed by atoms with Gasteiger partial charge in [-0.2, -0.15) is 0 Å². The van der Waals surface area contributed by atoms with Gasteiger partial charge in [-0.3, -0.25) is 4.72 Å². The van der Waals surface area contributed by atoms with E-state index in [4.69, 9.17) is 5.11 Å². The predicted octanol–water partition coefficient (Wildman–Crippen LogP) is 3.49. The van der Waals surface area contributed by atoms with Gasteiger partial charge < -0.3 is 5.11 Å². The number of carboxylic acids is 1. The van der Waals surface area contributed by atoms with Gasteiger partial charge in [-0.25, -0.2) is 13.2 Å². The van der Waals surface area contributed by atoms with Crippen LogP contribution < -0.4 is 4.72 Å². The molecule has 0 spiro atoms. The fourth-order valence-corrected chi connectivity index (χ4v) is 3.19. The summed E-state index contributed by atoms with van der Waals surface area (Å²) in [6, 6.07) is 5.81. The van der Waals surface area contributed by atoms with Gasteiger partial charge in [0, 0.05) is 5.69 Å². The number of hydrogen-bond acceptors (Lipinski definition) is 3.